The molecule has 2 N–H and O–H groups in total. The molecule has 1 heterocycles. The van der Waals surface area contributed by atoms with E-state index in [2.05, 4.69) is 10.1 Å². The van der Waals surface area contributed by atoms with Gasteiger partial charge in [0, 0.05) is 5.69 Å². The summed E-state index contributed by atoms with van der Waals surface area (Å²) in [6, 6.07) is 4.62. The Kier molecular flexibility index (Phi) is 2.52. The Morgan fingerprint density at radius 2 is 2.19 bits per heavy atom. The van der Waals surface area contributed by atoms with E-state index in [9.17, 15) is 4.79 Å². The first-order valence-electron chi connectivity index (χ1n) is 4.79. The number of methoxy groups -OCH3 is 2. The molecule has 16 heavy (non-hydrogen) atoms. The summed E-state index contributed by atoms with van der Waals surface area (Å²) in [6.07, 6.45) is 0. The van der Waals surface area contributed by atoms with Gasteiger partial charge in [-0.2, -0.15) is 0 Å². The third-order valence-corrected chi connectivity index (χ3v) is 2.54. The summed E-state index contributed by atoms with van der Waals surface area (Å²) in [5, 5.41) is 10.9. The predicted octanol–water partition coefficient (Wildman–Crippen LogP) is 1.03. The van der Waals surface area contributed by atoms with Crippen molar-refractivity contribution in [2.45, 2.75) is 6.04 Å². The number of rotatable bonds is 2. The third-order valence-electron chi connectivity index (χ3n) is 2.54. The molecule has 0 unspecified atom stereocenters. The van der Waals surface area contributed by atoms with Gasteiger partial charge in [0.1, 0.15) is 5.75 Å². The average molecular weight is 220 g/mol. The van der Waals surface area contributed by atoms with Gasteiger partial charge in [0.05, 0.1) is 25.5 Å². The summed E-state index contributed by atoms with van der Waals surface area (Å²) < 4.78 is 9.78. The fraction of sp³-hybridized carbons (Fsp3) is 0.273. The lowest BCUT2D eigenvalue weighted by molar-refractivity contribution is -0.139. The molecule has 0 amide bonds. The second-order valence-electron chi connectivity index (χ2n) is 3.40. The highest BCUT2D eigenvalue weighted by Crippen LogP contribution is 2.33. The second-order valence-corrected chi connectivity index (χ2v) is 3.40. The van der Waals surface area contributed by atoms with Gasteiger partial charge < -0.3 is 20.2 Å². The SMILES string of the molecule is COC(=O)[C@H]1Nc2cccc(OC)c2C1=N. The lowest BCUT2D eigenvalue weighted by Crippen LogP contribution is -2.33. The van der Waals surface area contributed by atoms with Crippen molar-refractivity contribution in [2.24, 2.45) is 0 Å². The van der Waals surface area contributed by atoms with Gasteiger partial charge in [-0.1, -0.05) is 6.07 Å². The van der Waals surface area contributed by atoms with Crippen molar-refractivity contribution < 1.29 is 14.3 Å². The van der Waals surface area contributed by atoms with Crippen LogP contribution in [0.5, 0.6) is 5.75 Å². The van der Waals surface area contributed by atoms with Crippen LogP contribution < -0.4 is 10.1 Å². The van der Waals surface area contributed by atoms with Crippen LogP contribution in [0, 0.1) is 5.41 Å². The van der Waals surface area contributed by atoms with Gasteiger partial charge >= 0.3 is 5.97 Å². The molecule has 5 heteroatoms. The number of benzene rings is 1. The first-order chi connectivity index (χ1) is 7.69. The summed E-state index contributed by atoms with van der Waals surface area (Å²) in [4.78, 5) is 11.4. The number of anilines is 1. The van der Waals surface area contributed by atoms with E-state index in [0.717, 1.165) is 5.69 Å². The number of carbonyl (C=O) groups is 1. The molecule has 2 rings (SSSR count). The first kappa shape index (κ1) is 10.5. The molecule has 0 fully saturated rings. The number of nitrogens with one attached hydrogen (secondary N) is 2. The van der Waals surface area contributed by atoms with E-state index in [0.29, 0.717) is 11.3 Å². The fourth-order valence-corrected chi connectivity index (χ4v) is 1.77. The van der Waals surface area contributed by atoms with Crippen LogP contribution >= 0.6 is 0 Å². The molecule has 1 atom stereocenters. The Morgan fingerprint density at radius 3 is 2.81 bits per heavy atom. The summed E-state index contributed by atoms with van der Waals surface area (Å²) in [5.74, 6) is 0.115. The number of fused-ring (bicyclic) bond motifs is 1. The molecule has 1 aromatic rings. The summed E-state index contributed by atoms with van der Waals surface area (Å²) in [5.41, 5.74) is 1.53. The Morgan fingerprint density at radius 1 is 1.44 bits per heavy atom. The van der Waals surface area contributed by atoms with Crippen molar-refractivity contribution in [1.82, 2.24) is 0 Å². The highest BCUT2D eigenvalue weighted by molar-refractivity contribution is 6.22. The maximum atomic E-state index is 11.4. The van der Waals surface area contributed by atoms with Crippen LogP contribution in [-0.2, 0) is 9.53 Å². The lowest BCUT2D eigenvalue weighted by Gasteiger charge is -2.08. The number of esters is 1. The zero-order valence-corrected chi connectivity index (χ0v) is 9.03. The van der Waals surface area contributed by atoms with Gasteiger partial charge in [0.2, 0.25) is 0 Å². The van der Waals surface area contributed by atoms with E-state index in [4.69, 9.17) is 10.1 Å². The highest BCUT2D eigenvalue weighted by atomic mass is 16.5. The van der Waals surface area contributed by atoms with Crippen LogP contribution in [0.2, 0.25) is 0 Å². The van der Waals surface area contributed by atoms with Crippen LogP contribution in [0.15, 0.2) is 18.2 Å². The van der Waals surface area contributed by atoms with Crippen molar-refractivity contribution in [1.29, 1.82) is 5.41 Å². The smallest absolute Gasteiger partial charge is 0.334 e. The molecule has 1 aliphatic rings. The zero-order valence-electron chi connectivity index (χ0n) is 9.03. The standard InChI is InChI=1S/C11H12N2O3/c1-15-7-5-3-4-6-8(7)9(12)10(13-6)11(14)16-2/h3-5,10,12-13H,1-2H3/t10-/m0/s1. The predicted molar refractivity (Wildman–Crippen MR) is 59.2 cm³/mol. The topological polar surface area (TPSA) is 71.4 Å². The van der Waals surface area contributed by atoms with Crippen LogP contribution in [0.1, 0.15) is 5.56 Å². The number of hydrogen-bond donors (Lipinski definition) is 2. The monoisotopic (exact) mass is 220 g/mol. The maximum Gasteiger partial charge on any atom is 0.334 e. The molecule has 0 saturated carbocycles. The molecule has 0 aromatic heterocycles. The molecule has 1 aliphatic heterocycles. The van der Waals surface area contributed by atoms with E-state index >= 15 is 0 Å². The molecule has 5 nitrogen and oxygen atoms in total. The minimum Gasteiger partial charge on any atom is -0.496 e. The molecular formula is C11H12N2O3. The summed E-state index contributed by atoms with van der Waals surface area (Å²) in [7, 11) is 2.84. The van der Waals surface area contributed by atoms with E-state index in [1.54, 1.807) is 18.2 Å². The van der Waals surface area contributed by atoms with E-state index in [-0.39, 0.29) is 5.71 Å². The van der Waals surface area contributed by atoms with Crippen LogP contribution in [0.3, 0.4) is 0 Å². The minimum atomic E-state index is -0.740. The molecule has 0 radical (unpaired) electrons. The Labute approximate surface area is 92.9 Å². The molecule has 0 spiro atoms. The molecular weight excluding hydrogens is 208 g/mol. The number of carbonyl (C=O) groups excluding carboxylic acids is 1. The number of ether oxygens (including phenoxy) is 2. The normalized spacial score (nSPS) is 17.6. The van der Waals surface area contributed by atoms with Gasteiger partial charge in [-0.3, -0.25) is 0 Å². The van der Waals surface area contributed by atoms with E-state index in [1.807, 2.05) is 0 Å². The van der Waals surface area contributed by atoms with Crippen molar-refractivity contribution in [3.63, 3.8) is 0 Å². The second kappa shape index (κ2) is 3.84. The van der Waals surface area contributed by atoms with Crippen molar-refractivity contribution in [3.05, 3.63) is 23.8 Å². The lowest BCUT2D eigenvalue weighted by atomic mass is 10.1. The Balaban J connectivity index is 2.42. The molecule has 0 aliphatic carbocycles. The van der Waals surface area contributed by atoms with Gasteiger partial charge in [-0.05, 0) is 12.1 Å². The average Bonchev–Trinajstić information content (AvgIpc) is 2.66. The molecule has 84 valence electrons. The molecule has 1 aromatic carbocycles. The van der Waals surface area contributed by atoms with E-state index < -0.39 is 12.0 Å². The van der Waals surface area contributed by atoms with Gasteiger partial charge in [-0.15, -0.1) is 0 Å². The third kappa shape index (κ3) is 1.41. The van der Waals surface area contributed by atoms with E-state index in [1.165, 1.54) is 14.2 Å². The first-order valence-corrected chi connectivity index (χ1v) is 4.79. The van der Waals surface area contributed by atoms with Gasteiger partial charge in [0.25, 0.3) is 0 Å². The van der Waals surface area contributed by atoms with Gasteiger partial charge in [0.15, 0.2) is 6.04 Å². The van der Waals surface area contributed by atoms with Crippen LogP contribution in [0.25, 0.3) is 0 Å². The van der Waals surface area contributed by atoms with Crippen molar-refractivity contribution in [2.75, 3.05) is 19.5 Å². The molecule has 0 bridgehead atoms. The quantitative estimate of drug-likeness (QED) is 0.730. The largest absolute Gasteiger partial charge is 0.496 e. The minimum absolute atomic E-state index is 0.180. The van der Waals surface area contributed by atoms with Gasteiger partial charge in [-0.25, -0.2) is 4.79 Å². The van der Waals surface area contributed by atoms with Crippen LogP contribution in [0.4, 0.5) is 5.69 Å². The highest BCUT2D eigenvalue weighted by Gasteiger charge is 2.35. The summed E-state index contributed by atoms with van der Waals surface area (Å²) in [6.45, 7) is 0. The van der Waals surface area contributed by atoms with Crippen LogP contribution in [-0.4, -0.2) is 31.9 Å². The maximum absolute atomic E-state index is 11.4. The fourth-order valence-electron chi connectivity index (χ4n) is 1.77. The Bertz CT molecular complexity index is 457. The molecule has 0 saturated heterocycles. The zero-order chi connectivity index (χ0) is 11.7. The number of hydrogen-bond acceptors (Lipinski definition) is 5. The summed E-state index contributed by atoms with van der Waals surface area (Å²) >= 11 is 0. The van der Waals surface area contributed by atoms with Crippen molar-refractivity contribution >= 4 is 17.4 Å². The Hall–Kier alpha value is -2.04. The van der Waals surface area contributed by atoms with Crippen molar-refractivity contribution in [3.8, 4) is 5.75 Å².